The lowest BCUT2D eigenvalue weighted by Gasteiger charge is -2.04. The Kier molecular flexibility index (Phi) is 5.44. The first kappa shape index (κ1) is 19.6. The molecule has 0 aliphatic carbocycles. The van der Waals surface area contributed by atoms with Crippen LogP contribution in [0.25, 0.3) is 11.3 Å². The van der Waals surface area contributed by atoms with E-state index in [0.29, 0.717) is 22.0 Å². The Bertz CT molecular complexity index is 1210. The largest absolute Gasteiger partial charge is 0.497 e. The molecule has 8 nitrogen and oxygen atoms in total. The van der Waals surface area contributed by atoms with E-state index in [1.165, 1.54) is 23.1 Å². The predicted octanol–water partition coefficient (Wildman–Crippen LogP) is 3.77. The number of aromatic amines is 1. The molecule has 4 aromatic rings. The maximum absolute atomic E-state index is 13.2. The van der Waals surface area contributed by atoms with Crippen LogP contribution in [0.1, 0.15) is 16.1 Å². The minimum atomic E-state index is -0.436. The van der Waals surface area contributed by atoms with Gasteiger partial charge in [-0.3, -0.25) is 15.2 Å². The van der Waals surface area contributed by atoms with E-state index in [1.54, 1.807) is 19.2 Å². The van der Waals surface area contributed by atoms with Gasteiger partial charge in [-0.2, -0.15) is 5.10 Å². The van der Waals surface area contributed by atoms with Crippen molar-refractivity contribution in [1.82, 2.24) is 25.0 Å². The van der Waals surface area contributed by atoms with E-state index >= 15 is 0 Å². The smallest absolute Gasteiger partial charge is 0.276 e. The third kappa shape index (κ3) is 4.31. The second kappa shape index (κ2) is 8.34. The van der Waals surface area contributed by atoms with Crippen molar-refractivity contribution >= 4 is 23.5 Å². The number of anilines is 1. The van der Waals surface area contributed by atoms with Gasteiger partial charge in [-0.05, 0) is 35.9 Å². The molecule has 0 unspecified atom stereocenters. The van der Waals surface area contributed by atoms with Gasteiger partial charge in [-0.25, -0.2) is 14.1 Å². The Hall–Kier alpha value is -3.72. The highest BCUT2D eigenvalue weighted by molar-refractivity contribution is 6.31. The fourth-order valence-electron chi connectivity index (χ4n) is 2.79. The number of nitrogens with zero attached hydrogens (tertiary/aromatic N) is 4. The average Bonchev–Trinajstić information content (AvgIpc) is 3.40. The van der Waals surface area contributed by atoms with Crippen molar-refractivity contribution < 1.29 is 13.9 Å². The maximum atomic E-state index is 13.2. The Morgan fingerprint density at radius 3 is 2.93 bits per heavy atom. The topological polar surface area (TPSA) is 97.7 Å². The summed E-state index contributed by atoms with van der Waals surface area (Å²) in [6, 6.07) is 13.1. The lowest BCUT2D eigenvalue weighted by Crippen LogP contribution is -2.14. The maximum Gasteiger partial charge on any atom is 0.276 e. The molecule has 4 rings (SSSR count). The molecule has 2 heterocycles. The minimum absolute atomic E-state index is 0.121. The zero-order valence-electron chi connectivity index (χ0n) is 15.8. The van der Waals surface area contributed by atoms with Gasteiger partial charge in [0.05, 0.1) is 19.3 Å². The lowest BCUT2D eigenvalue weighted by atomic mass is 10.1. The number of carbonyl (C=O) groups excluding carboxylic acids is 1. The first-order valence-electron chi connectivity index (χ1n) is 8.86. The summed E-state index contributed by atoms with van der Waals surface area (Å²) in [6.45, 7) is 0.284. The van der Waals surface area contributed by atoms with Crippen LogP contribution in [-0.4, -0.2) is 38.0 Å². The van der Waals surface area contributed by atoms with Crippen LogP contribution in [-0.2, 0) is 6.54 Å². The molecule has 2 aromatic heterocycles. The van der Waals surface area contributed by atoms with Gasteiger partial charge >= 0.3 is 0 Å². The van der Waals surface area contributed by atoms with E-state index in [0.717, 1.165) is 5.56 Å². The number of H-pyrrole nitrogens is 1. The van der Waals surface area contributed by atoms with Gasteiger partial charge in [0.1, 0.15) is 23.6 Å². The second-order valence-corrected chi connectivity index (χ2v) is 6.76. The molecule has 152 valence electrons. The molecule has 10 heteroatoms. The normalized spacial score (nSPS) is 10.8. The van der Waals surface area contributed by atoms with Gasteiger partial charge < -0.3 is 4.74 Å². The molecule has 0 atom stereocenters. The van der Waals surface area contributed by atoms with E-state index in [1.807, 2.05) is 24.3 Å². The van der Waals surface area contributed by atoms with Gasteiger partial charge in [0, 0.05) is 10.6 Å². The van der Waals surface area contributed by atoms with Crippen LogP contribution in [0.15, 0.2) is 54.9 Å². The van der Waals surface area contributed by atoms with Crippen molar-refractivity contribution in [3.05, 3.63) is 77.0 Å². The number of aromatic nitrogens is 5. The van der Waals surface area contributed by atoms with Gasteiger partial charge in [0.15, 0.2) is 0 Å². The fourth-order valence-corrected chi connectivity index (χ4v) is 3.02. The summed E-state index contributed by atoms with van der Waals surface area (Å²) >= 11 is 6.03. The Morgan fingerprint density at radius 2 is 2.13 bits per heavy atom. The molecule has 0 spiro atoms. The van der Waals surface area contributed by atoms with E-state index in [2.05, 4.69) is 25.6 Å². The number of hydrogen-bond acceptors (Lipinski definition) is 5. The van der Waals surface area contributed by atoms with Crippen LogP contribution in [0, 0.1) is 5.82 Å². The van der Waals surface area contributed by atoms with E-state index in [9.17, 15) is 9.18 Å². The number of amides is 1. The van der Waals surface area contributed by atoms with E-state index in [-0.39, 0.29) is 18.2 Å². The second-order valence-electron chi connectivity index (χ2n) is 6.35. The van der Waals surface area contributed by atoms with E-state index in [4.69, 9.17) is 16.3 Å². The van der Waals surface area contributed by atoms with Crippen LogP contribution in [0.4, 0.5) is 10.3 Å². The van der Waals surface area contributed by atoms with Crippen molar-refractivity contribution in [3.63, 3.8) is 0 Å². The number of methoxy groups -OCH3 is 1. The van der Waals surface area contributed by atoms with E-state index < -0.39 is 11.7 Å². The van der Waals surface area contributed by atoms with Crippen LogP contribution in [0.2, 0.25) is 5.02 Å². The van der Waals surface area contributed by atoms with Crippen molar-refractivity contribution in [2.24, 2.45) is 0 Å². The highest BCUT2D eigenvalue weighted by Crippen LogP contribution is 2.23. The summed E-state index contributed by atoms with van der Waals surface area (Å²) in [5.74, 6) is -0.0364. The fraction of sp³-hybridized carbons (Fsp3) is 0.100. The molecule has 0 fully saturated rings. The molecule has 0 saturated carbocycles. The van der Waals surface area contributed by atoms with Crippen LogP contribution in [0.5, 0.6) is 5.75 Å². The first-order valence-corrected chi connectivity index (χ1v) is 9.24. The molecular weight excluding hydrogens is 411 g/mol. The number of halogens is 2. The SMILES string of the molecule is COc1cccc(-c2cc(C(=O)Nc3ncn(Cc4ccc(F)cc4Cl)n3)[nH]n2)c1. The van der Waals surface area contributed by atoms with Gasteiger partial charge in [0.2, 0.25) is 5.95 Å². The molecule has 0 bridgehead atoms. The summed E-state index contributed by atoms with van der Waals surface area (Å²) in [6.07, 6.45) is 1.45. The minimum Gasteiger partial charge on any atom is -0.497 e. The Morgan fingerprint density at radius 1 is 1.27 bits per heavy atom. The van der Waals surface area contributed by atoms with Gasteiger partial charge in [-0.15, -0.1) is 5.10 Å². The highest BCUT2D eigenvalue weighted by atomic mass is 35.5. The van der Waals surface area contributed by atoms with Gasteiger partial charge in [0.25, 0.3) is 5.91 Å². The van der Waals surface area contributed by atoms with Crippen molar-refractivity contribution in [2.45, 2.75) is 6.54 Å². The summed E-state index contributed by atoms with van der Waals surface area (Å²) in [5.41, 5.74) is 2.34. The summed E-state index contributed by atoms with van der Waals surface area (Å²) < 4.78 is 19.9. The quantitative estimate of drug-likeness (QED) is 0.489. The number of carbonyl (C=O) groups is 1. The highest BCUT2D eigenvalue weighted by Gasteiger charge is 2.14. The third-order valence-corrected chi connectivity index (χ3v) is 4.65. The Balaban J connectivity index is 1.44. The number of rotatable bonds is 6. The molecule has 30 heavy (non-hydrogen) atoms. The summed E-state index contributed by atoms with van der Waals surface area (Å²) in [5, 5.41) is 14.0. The molecule has 0 aliphatic heterocycles. The lowest BCUT2D eigenvalue weighted by molar-refractivity contribution is 0.102. The van der Waals surface area contributed by atoms with Crippen LogP contribution in [0.3, 0.4) is 0 Å². The number of hydrogen-bond donors (Lipinski definition) is 2. The summed E-state index contributed by atoms with van der Waals surface area (Å²) in [4.78, 5) is 16.5. The molecular formula is C20H16ClFN6O2. The zero-order chi connectivity index (χ0) is 21.1. The van der Waals surface area contributed by atoms with Crippen LogP contribution < -0.4 is 10.1 Å². The predicted molar refractivity (Wildman–Crippen MR) is 109 cm³/mol. The third-order valence-electron chi connectivity index (χ3n) is 4.30. The van der Waals surface area contributed by atoms with Crippen LogP contribution >= 0.6 is 11.6 Å². The molecule has 2 aromatic carbocycles. The zero-order valence-corrected chi connectivity index (χ0v) is 16.5. The molecule has 0 saturated heterocycles. The summed E-state index contributed by atoms with van der Waals surface area (Å²) in [7, 11) is 1.58. The Labute approximate surface area is 175 Å². The number of ether oxygens (including phenoxy) is 1. The van der Waals surface area contributed by atoms with Crippen molar-refractivity contribution in [1.29, 1.82) is 0 Å². The molecule has 0 radical (unpaired) electrons. The molecule has 0 aliphatic rings. The monoisotopic (exact) mass is 426 g/mol. The first-order chi connectivity index (χ1) is 14.5. The number of nitrogens with one attached hydrogen (secondary N) is 2. The standard InChI is InChI=1S/C20H16ClFN6O2/c1-30-15-4-2-3-12(7-15)17-9-18(26-25-17)19(29)24-20-23-11-28(27-20)10-13-5-6-14(22)8-16(13)21/h2-9,11H,10H2,1H3,(H,25,26)(H,24,27,29). The number of benzene rings is 2. The molecule has 2 N–H and O–H groups in total. The molecule has 1 amide bonds. The van der Waals surface area contributed by atoms with Gasteiger partial charge in [-0.1, -0.05) is 29.8 Å². The average molecular weight is 427 g/mol. The van der Waals surface area contributed by atoms with Crippen molar-refractivity contribution in [3.8, 4) is 17.0 Å². The van der Waals surface area contributed by atoms with Crippen molar-refractivity contribution in [2.75, 3.05) is 12.4 Å².